The van der Waals surface area contributed by atoms with Crippen molar-refractivity contribution < 1.29 is 9.84 Å². The number of hydrogen-bond donors (Lipinski definition) is 1. The second kappa shape index (κ2) is 9.22. The number of aliphatic hydroxyl groups is 1. The van der Waals surface area contributed by atoms with Crippen molar-refractivity contribution in [1.29, 1.82) is 0 Å². The Hall–Kier alpha value is -1.34. The first-order valence-corrected chi connectivity index (χ1v) is 9.00. The van der Waals surface area contributed by atoms with Crippen LogP contribution in [0.2, 0.25) is 0 Å². The lowest BCUT2D eigenvalue weighted by atomic mass is 9.90. The summed E-state index contributed by atoms with van der Waals surface area (Å²) in [5.74, 6) is 3.38. The van der Waals surface area contributed by atoms with E-state index in [0.29, 0.717) is 19.6 Å². The van der Waals surface area contributed by atoms with Gasteiger partial charge in [0.2, 0.25) is 0 Å². The van der Waals surface area contributed by atoms with Crippen LogP contribution in [0, 0.1) is 18.3 Å². The van der Waals surface area contributed by atoms with Crippen LogP contribution in [-0.4, -0.2) is 48.0 Å². The van der Waals surface area contributed by atoms with Gasteiger partial charge in [-0.15, -0.1) is 12.3 Å². The zero-order chi connectivity index (χ0) is 17.4. The molecule has 1 fully saturated rings. The molecule has 1 aliphatic rings. The summed E-state index contributed by atoms with van der Waals surface area (Å²) in [5, 5.41) is 10.2. The van der Waals surface area contributed by atoms with Crippen LogP contribution >= 0.6 is 0 Å². The Balaban J connectivity index is 1.66. The number of nitrogens with zero attached hydrogens (tertiary/aromatic N) is 1. The third-order valence-electron chi connectivity index (χ3n) is 4.74. The molecule has 0 amide bonds. The summed E-state index contributed by atoms with van der Waals surface area (Å²) in [5.41, 5.74) is 1.07. The number of terminal acetylenes is 1. The lowest BCUT2D eigenvalue weighted by Crippen LogP contribution is -2.41. The molecule has 24 heavy (non-hydrogen) atoms. The molecule has 3 nitrogen and oxygen atoms in total. The fourth-order valence-electron chi connectivity index (χ4n) is 3.29. The molecule has 0 bridgehead atoms. The molecule has 0 saturated carbocycles. The molecule has 1 saturated heterocycles. The number of piperidine rings is 1. The summed E-state index contributed by atoms with van der Waals surface area (Å²) < 4.78 is 5.75. The normalized spacial score (nSPS) is 18.2. The SMILES string of the molecule is C#CCC(C)(C)OCC(O)CN1CCC(Cc2ccccc2)CC1. The average molecular weight is 329 g/mol. The van der Waals surface area contributed by atoms with Crippen LogP contribution in [0.5, 0.6) is 0 Å². The average Bonchev–Trinajstić information content (AvgIpc) is 2.56. The molecule has 1 atom stereocenters. The van der Waals surface area contributed by atoms with Crippen molar-refractivity contribution in [3.8, 4) is 12.3 Å². The van der Waals surface area contributed by atoms with Gasteiger partial charge in [0.1, 0.15) is 0 Å². The summed E-state index contributed by atoms with van der Waals surface area (Å²) >= 11 is 0. The lowest BCUT2D eigenvalue weighted by Gasteiger charge is -2.34. The van der Waals surface area contributed by atoms with E-state index >= 15 is 0 Å². The number of hydrogen-bond acceptors (Lipinski definition) is 3. The lowest BCUT2D eigenvalue weighted by molar-refractivity contribution is -0.0645. The monoisotopic (exact) mass is 329 g/mol. The van der Waals surface area contributed by atoms with E-state index in [1.54, 1.807) is 0 Å². The van der Waals surface area contributed by atoms with Gasteiger partial charge in [-0.05, 0) is 57.7 Å². The fraction of sp³-hybridized carbons (Fsp3) is 0.619. The summed E-state index contributed by atoms with van der Waals surface area (Å²) in [4.78, 5) is 2.35. The van der Waals surface area contributed by atoms with Gasteiger partial charge in [0.25, 0.3) is 0 Å². The third kappa shape index (κ3) is 6.65. The molecule has 0 aliphatic carbocycles. The topological polar surface area (TPSA) is 32.7 Å². The van der Waals surface area contributed by atoms with E-state index in [1.807, 2.05) is 13.8 Å². The smallest absolute Gasteiger partial charge is 0.0900 e. The molecule has 2 rings (SSSR count). The van der Waals surface area contributed by atoms with E-state index in [9.17, 15) is 5.11 Å². The molecule has 3 heteroatoms. The largest absolute Gasteiger partial charge is 0.389 e. The van der Waals surface area contributed by atoms with Gasteiger partial charge < -0.3 is 14.7 Å². The molecule has 132 valence electrons. The van der Waals surface area contributed by atoms with Crippen LogP contribution in [0.25, 0.3) is 0 Å². The minimum absolute atomic E-state index is 0.346. The minimum Gasteiger partial charge on any atom is -0.389 e. The van der Waals surface area contributed by atoms with Crippen molar-refractivity contribution in [2.45, 2.75) is 51.2 Å². The first-order valence-electron chi connectivity index (χ1n) is 9.00. The number of benzene rings is 1. The Kier molecular flexibility index (Phi) is 7.30. The van der Waals surface area contributed by atoms with Gasteiger partial charge in [0, 0.05) is 13.0 Å². The van der Waals surface area contributed by atoms with Crippen LogP contribution in [0.3, 0.4) is 0 Å². The second-order valence-corrected chi connectivity index (χ2v) is 7.54. The minimum atomic E-state index is -0.451. The summed E-state index contributed by atoms with van der Waals surface area (Å²) in [6, 6.07) is 10.7. The quantitative estimate of drug-likeness (QED) is 0.744. The van der Waals surface area contributed by atoms with Gasteiger partial charge >= 0.3 is 0 Å². The Morgan fingerprint density at radius 2 is 1.96 bits per heavy atom. The zero-order valence-corrected chi connectivity index (χ0v) is 15.1. The zero-order valence-electron chi connectivity index (χ0n) is 15.1. The van der Waals surface area contributed by atoms with Gasteiger partial charge in [0.05, 0.1) is 18.3 Å². The first-order chi connectivity index (χ1) is 11.5. The molecule has 0 aromatic heterocycles. The summed E-state index contributed by atoms with van der Waals surface area (Å²) in [7, 11) is 0. The number of likely N-dealkylation sites (tertiary alicyclic amines) is 1. The van der Waals surface area contributed by atoms with Crippen molar-refractivity contribution in [3.63, 3.8) is 0 Å². The van der Waals surface area contributed by atoms with Crippen molar-refractivity contribution in [2.75, 3.05) is 26.2 Å². The predicted molar refractivity (Wildman–Crippen MR) is 98.8 cm³/mol. The number of aliphatic hydroxyl groups excluding tert-OH is 1. The number of β-amino-alcohol motifs (C(OH)–C–C–N with tert-alkyl or cyclic N) is 1. The van der Waals surface area contributed by atoms with Crippen LogP contribution in [0.1, 0.15) is 38.7 Å². The maximum Gasteiger partial charge on any atom is 0.0900 e. The van der Waals surface area contributed by atoms with E-state index in [1.165, 1.54) is 24.8 Å². The molecule has 1 aromatic carbocycles. The van der Waals surface area contributed by atoms with E-state index in [4.69, 9.17) is 11.2 Å². The Labute approximate surface area is 147 Å². The van der Waals surface area contributed by atoms with Gasteiger partial charge in [-0.1, -0.05) is 30.3 Å². The first kappa shape index (κ1) is 19.0. The van der Waals surface area contributed by atoms with E-state index in [0.717, 1.165) is 19.0 Å². The summed E-state index contributed by atoms with van der Waals surface area (Å²) in [6.45, 7) is 7.08. The Morgan fingerprint density at radius 3 is 2.58 bits per heavy atom. The Morgan fingerprint density at radius 1 is 1.29 bits per heavy atom. The molecule has 0 spiro atoms. The summed E-state index contributed by atoms with van der Waals surface area (Å²) in [6.07, 6.45) is 9.01. The van der Waals surface area contributed by atoms with Crippen molar-refractivity contribution in [1.82, 2.24) is 4.90 Å². The van der Waals surface area contributed by atoms with Crippen LogP contribution in [0.15, 0.2) is 30.3 Å². The molecular formula is C21H31NO2. The Bertz CT molecular complexity index is 512. The highest BCUT2D eigenvalue weighted by molar-refractivity contribution is 5.15. The second-order valence-electron chi connectivity index (χ2n) is 7.54. The van der Waals surface area contributed by atoms with Crippen LogP contribution in [-0.2, 0) is 11.2 Å². The highest BCUT2D eigenvalue weighted by atomic mass is 16.5. The van der Waals surface area contributed by atoms with Gasteiger partial charge in [-0.3, -0.25) is 0 Å². The standard InChI is InChI=1S/C21H31NO2/c1-4-12-21(2,3)24-17-20(23)16-22-13-10-19(11-14-22)15-18-8-6-5-7-9-18/h1,5-9,19-20,23H,10-17H2,2-3H3. The molecule has 1 N–H and O–H groups in total. The maximum absolute atomic E-state index is 10.2. The van der Waals surface area contributed by atoms with Crippen molar-refractivity contribution in [2.24, 2.45) is 5.92 Å². The fourth-order valence-corrected chi connectivity index (χ4v) is 3.29. The highest BCUT2D eigenvalue weighted by Crippen LogP contribution is 2.22. The van der Waals surface area contributed by atoms with E-state index in [-0.39, 0.29) is 5.60 Å². The third-order valence-corrected chi connectivity index (χ3v) is 4.74. The van der Waals surface area contributed by atoms with Gasteiger partial charge in [-0.25, -0.2) is 0 Å². The number of ether oxygens (including phenoxy) is 1. The molecular weight excluding hydrogens is 298 g/mol. The van der Waals surface area contributed by atoms with Crippen molar-refractivity contribution >= 4 is 0 Å². The molecule has 1 aromatic rings. The number of rotatable bonds is 8. The van der Waals surface area contributed by atoms with E-state index in [2.05, 4.69) is 41.2 Å². The van der Waals surface area contributed by atoms with Gasteiger partial charge in [-0.2, -0.15) is 0 Å². The van der Waals surface area contributed by atoms with Crippen molar-refractivity contribution in [3.05, 3.63) is 35.9 Å². The van der Waals surface area contributed by atoms with Gasteiger partial charge in [0.15, 0.2) is 0 Å². The predicted octanol–water partition coefficient (Wildman–Crippen LogP) is 3.12. The van der Waals surface area contributed by atoms with Crippen LogP contribution < -0.4 is 0 Å². The molecule has 1 aliphatic heterocycles. The highest BCUT2D eigenvalue weighted by Gasteiger charge is 2.23. The maximum atomic E-state index is 10.2. The molecule has 1 heterocycles. The molecule has 1 unspecified atom stereocenters. The molecule has 0 radical (unpaired) electrons. The van der Waals surface area contributed by atoms with E-state index < -0.39 is 6.10 Å². The van der Waals surface area contributed by atoms with Crippen LogP contribution in [0.4, 0.5) is 0 Å².